The van der Waals surface area contributed by atoms with Crippen LogP contribution in [-0.4, -0.2) is 64.3 Å². The summed E-state index contributed by atoms with van der Waals surface area (Å²) in [5, 5.41) is 2.93. The first-order chi connectivity index (χ1) is 15.5. The highest BCUT2D eigenvalue weighted by atomic mass is 19.1. The number of ether oxygens (including phenoxy) is 3. The Kier molecular flexibility index (Phi) is 8.05. The van der Waals surface area contributed by atoms with E-state index < -0.39 is 17.6 Å². The lowest BCUT2D eigenvalue weighted by molar-refractivity contribution is -0.124. The second-order valence-electron chi connectivity index (χ2n) is 7.65. The highest BCUT2D eigenvalue weighted by Crippen LogP contribution is 2.39. The predicted octanol–water partition coefficient (Wildman–Crippen LogP) is 2.85. The van der Waals surface area contributed by atoms with Gasteiger partial charge in [0.25, 0.3) is 5.91 Å². The number of likely N-dealkylation sites (tertiary alicyclic amines) is 1. The van der Waals surface area contributed by atoms with Gasteiger partial charge in [-0.15, -0.1) is 0 Å². The fourth-order valence-electron chi connectivity index (χ4n) is 4.04. The molecule has 1 N–H and O–H groups in total. The second kappa shape index (κ2) is 10.9. The lowest BCUT2D eigenvalue weighted by Crippen LogP contribution is -2.36. The zero-order chi connectivity index (χ0) is 23.1. The molecule has 0 aromatic heterocycles. The first kappa shape index (κ1) is 23.5. The molecule has 2 amide bonds. The Labute approximate surface area is 187 Å². The third kappa shape index (κ3) is 5.19. The van der Waals surface area contributed by atoms with Crippen LogP contribution in [0.25, 0.3) is 0 Å². The smallest absolute Gasteiger partial charge is 0.256 e. The molecule has 172 valence electrons. The minimum absolute atomic E-state index is 0.00546. The van der Waals surface area contributed by atoms with Gasteiger partial charge in [0.05, 0.1) is 25.7 Å². The molecule has 2 atom stereocenters. The highest BCUT2D eigenvalue weighted by Gasteiger charge is 2.42. The van der Waals surface area contributed by atoms with Gasteiger partial charge in [-0.2, -0.15) is 0 Å². The zero-order valence-corrected chi connectivity index (χ0v) is 18.6. The SMILES string of the molecule is COCCCNC(=O)C1CN(C(=O)c2ccccc2F)CC1c1ccc(OC)cc1OC. The van der Waals surface area contributed by atoms with Gasteiger partial charge in [0.15, 0.2) is 0 Å². The van der Waals surface area contributed by atoms with E-state index in [1.165, 1.54) is 23.1 Å². The summed E-state index contributed by atoms with van der Waals surface area (Å²) in [4.78, 5) is 27.6. The Balaban J connectivity index is 1.88. The minimum atomic E-state index is -0.580. The molecule has 2 unspecified atom stereocenters. The molecule has 7 nitrogen and oxygen atoms in total. The molecule has 8 heteroatoms. The summed E-state index contributed by atoms with van der Waals surface area (Å²) in [5.74, 6) is -0.786. The Morgan fingerprint density at radius 1 is 1.09 bits per heavy atom. The molecule has 1 saturated heterocycles. The minimum Gasteiger partial charge on any atom is -0.497 e. The van der Waals surface area contributed by atoms with Crippen LogP contribution in [0.1, 0.15) is 28.3 Å². The van der Waals surface area contributed by atoms with Crippen molar-refractivity contribution in [3.05, 3.63) is 59.4 Å². The van der Waals surface area contributed by atoms with Gasteiger partial charge in [-0.25, -0.2) is 4.39 Å². The number of nitrogens with zero attached hydrogens (tertiary/aromatic N) is 1. The molecule has 0 bridgehead atoms. The number of methoxy groups -OCH3 is 3. The molecule has 2 aromatic carbocycles. The van der Waals surface area contributed by atoms with Crippen LogP contribution >= 0.6 is 0 Å². The molecule has 0 radical (unpaired) electrons. The van der Waals surface area contributed by atoms with Crippen molar-refractivity contribution in [2.45, 2.75) is 12.3 Å². The number of carbonyl (C=O) groups is 2. The van der Waals surface area contributed by atoms with Gasteiger partial charge in [0, 0.05) is 50.9 Å². The van der Waals surface area contributed by atoms with Gasteiger partial charge < -0.3 is 24.4 Å². The number of hydrogen-bond donors (Lipinski definition) is 1. The van der Waals surface area contributed by atoms with E-state index in [-0.39, 0.29) is 30.5 Å². The number of amides is 2. The van der Waals surface area contributed by atoms with Crippen molar-refractivity contribution in [3.63, 3.8) is 0 Å². The summed E-state index contributed by atoms with van der Waals surface area (Å²) in [6, 6.07) is 11.3. The average Bonchev–Trinajstić information content (AvgIpc) is 3.26. The van der Waals surface area contributed by atoms with Crippen LogP contribution in [0.3, 0.4) is 0 Å². The van der Waals surface area contributed by atoms with Gasteiger partial charge in [0.2, 0.25) is 5.91 Å². The van der Waals surface area contributed by atoms with Crippen LogP contribution in [0.2, 0.25) is 0 Å². The number of rotatable bonds is 9. The lowest BCUT2D eigenvalue weighted by Gasteiger charge is -2.21. The Bertz CT molecular complexity index is 952. The summed E-state index contributed by atoms with van der Waals surface area (Å²) >= 11 is 0. The number of hydrogen-bond acceptors (Lipinski definition) is 5. The molecular weight excluding hydrogens is 415 g/mol. The monoisotopic (exact) mass is 444 g/mol. The third-order valence-electron chi connectivity index (χ3n) is 5.71. The largest absolute Gasteiger partial charge is 0.497 e. The normalized spacial score (nSPS) is 17.8. The fourth-order valence-corrected chi connectivity index (χ4v) is 4.04. The summed E-state index contributed by atoms with van der Waals surface area (Å²) in [5.41, 5.74) is 0.795. The molecule has 32 heavy (non-hydrogen) atoms. The molecule has 3 rings (SSSR count). The van der Waals surface area contributed by atoms with E-state index in [0.717, 1.165) is 5.56 Å². The topological polar surface area (TPSA) is 77.1 Å². The maximum Gasteiger partial charge on any atom is 0.256 e. The Hall–Kier alpha value is -3.13. The summed E-state index contributed by atoms with van der Waals surface area (Å²) in [7, 11) is 4.72. The molecule has 0 spiro atoms. The Morgan fingerprint density at radius 2 is 1.88 bits per heavy atom. The third-order valence-corrected chi connectivity index (χ3v) is 5.71. The summed E-state index contributed by atoms with van der Waals surface area (Å²) < 4.78 is 30.1. The van der Waals surface area contributed by atoms with Crippen LogP contribution < -0.4 is 14.8 Å². The number of carbonyl (C=O) groups excluding carboxylic acids is 2. The Morgan fingerprint density at radius 3 is 2.56 bits per heavy atom. The fraction of sp³-hybridized carbons (Fsp3) is 0.417. The van der Waals surface area contributed by atoms with E-state index in [1.807, 2.05) is 6.07 Å². The molecule has 1 fully saturated rings. The van der Waals surface area contributed by atoms with Crippen LogP contribution in [0.4, 0.5) is 4.39 Å². The lowest BCUT2D eigenvalue weighted by atomic mass is 9.87. The number of halogens is 1. The van der Waals surface area contributed by atoms with Gasteiger partial charge in [-0.1, -0.05) is 18.2 Å². The molecule has 2 aromatic rings. The standard InChI is InChI=1S/C24H29FN2O5/c1-30-12-6-11-26-23(28)20-15-27(24(29)18-7-4-5-8-21(18)25)14-19(20)17-10-9-16(31-2)13-22(17)32-3/h4-5,7-10,13,19-20H,6,11-12,14-15H2,1-3H3,(H,26,28). The van der Waals surface area contributed by atoms with Gasteiger partial charge >= 0.3 is 0 Å². The van der Waals surface area contributed by atoms with E-state index in [2.05, 4.69) is 5.32 Å². The van der Waals surface area contributed by atoms with Crippen LogP contribution in [0.15, 0.2) is 42.5 Å². The molecule has 0 saturated carbocycles. The van der Waals surface area contributed by atoms with Crippen LogP contribution in [-0.2, 0) is 9.53 Å². The number of nitrogens with one attached hydrogen (secondary N) is 1. The van der Waals surface area contributed by atoms with Gasteiger partial charge in [-0.3, -0.25) is 9.59 Å². The highest BCUT2D eigenvalue weighted by molar-refractivity contribution is 5.95. The van der Waals surface area contributed by atoms with Gasteiger partial charge in [-0.05, 0) is 24.6 Å². The maximum absolute atomic E-state index is 14.2. The molecule has 0 aliphatic carbocycles. The van der Waals surface area contributed by atoms with E-state index in [0.29, 0.717) is 31.1 Å². The van der Waals surface area contributed by atoms with Gasteiger partial charge in [0.1, 0.15) is 17.3 Å². The number of benzene rings is 2. The van der Waals surface area contributed by atoms with Crippen molar-refractivity contribution in [3.8, 4) is 11.5 Å². The van der Waals surface area contributed by atoms with Crippen molar-refractivity contribution < 1.29 is 28.2 Å². The molecular formula is C24H29FN2O5. The van der Waals surface area contributed by atoms with Crippen molar-refractivity contribution in [2.24, 2.45) is 5.92 Å². The van der Waals surface area contributed by atoms with E-state index >= 15 is 0 Å². The molecule has 1 aliphatic heterocycles. The molecule has 1 heterocycles. The summed E-state index contributed by atoms with van der Waals surface area (Å²) in [6.45, 7) is 1.46. The predicted molar refractivity (Wildman–Crippen MR) is 118 cm³/mol. The quantitative estimate of drug-likeness (QED) is 0.602. The second-order valence-corrected chi connectivity index (χ2v) is 7.65. The van der Waals surface area contributed by atoms with Crippen LogP contribution in [0, 0.1) is 11.7 Å². The van der Waals surface area contributed by atoms with E-state index in [1.54, 1.807) is 39.5 Å². The summed E-state index contributed by atoms with van der Waals surface area (Å²) in [6.07, 6.45) is 0.684. The van der Waals surface area contributed by atoms with E-state index in [9.17, 15) is 14.0 Å². The average molecular weight is 445 g/mol. The first-order valence-corrected chi connectivity index (χ1v) is 10.5. The van der Waals surface area contributed by atoms with Crippen molar-refractivity contribution in [2.75, 3.05) is 47.6 Å². The van der Waals surface area contributed by atoms with Crippen LogP contribution in [0.5, 0.6) is 11.5 Å². The molecule has 1 aliphatic rings. The van der Waals surface area contributed by atoms with Crippen molar-refractivity contribution >= 4 is 11.8 Å². The zero-order valence-electron chi connectivity index (χ0n) is 18.6. The first-order valence-electron chi connectivity index (χ1n) is 10.5. The maximum atomic E-state index is 14.2. The van der Waals surface area contributed by atoms with Crippen molar-refractivity contribution in [1.82, 2.24) is 10.2 Å². The van der Waals surface area contributed by atoms with Crippen molar-refractivity contribution in [1.29, 1.82) is 0 Å². The van der Waals surface area contributed by atoms with E-state index in [4.69, 9.17) is 14.2 Å².